The van der Waals surface area contributed by atoms with Crippen molar-refractivity contribution in [1.82, 2.24) is 14.8 Å². The molecule has 0 bridgehead atoms. The third-order valence-electron chi connectivity index (χ3n) is 2.38. The molecule has 1 aromatic heterocycles. The Kier molecular flexibility index (Phi) is 3.58. The second-order valence-electron chi connectivity index (χ2n) is 3.80. The maximum absolute atomic E-state index is 11.9. The number of hydrogen-bond donors (Lipinski definition) is 0. The van der Waals surface area contributed by atoms with E-state index in [0.29, 0.717) is 5.75 Å². The number of Topliss-reactive ketones (excluding diaryl/α,β-unsaturated/α-hetero) is 1. The van der Waals surface area contributed by atoms with E-state index in [9.17, 15) is 4.79 Å². The van der Waals surface area contributed by atoms with Crippen molar-refractivity contribution >= 4 is 17.5 Å². The average Bonchev–Trinajstić information content (AvgIpc) is 2.73. The molecule has 0 saturated carbocycles. The predicted molar refractivity (Wildman–Crippen MR) is 67.2 cm³/mol. The van der Waals surface area contributed by atoms with Gasteiger partial charge in [-0.25, -0.2) is 0 Å². The molecule has 0 fully saturated rings. The van der Waals surface area contributed by atoms with E-state index < -0.39 is 0 Å². The summed E-state index contributed by atoms with van der Waals surface area (Å²) in [6, 6.07) is 7.60. The lowest BCUT2D eigenvalue weighted by molar-refractivity contribution is 0.102. The summed E-state index contributed by atoms with van der Waals surface area (Å²) >= 11 is 1.40. The Morgan fingerprint density at radius 3 is 2.65 bits per heavy atom. The van der Waals surface area contributed by atoms with E-state index in [0.717, 1.165) is 16.3 Å². The summed E-state index contributed by atoms with van der Waals surface area (Å²) in [6.07, 6.45) is 1.62. The van der Waals surface area contributed by atoms with Crippen LogP contribution in [0.25, 0.3) is 0 Å². The van der Waals surface area contributed by atoms with Gasteiger partial charge in [0, 0.05) is 12.6 Å². The van der Waals surface area contributed by atoms with Crippen LogP contribution in [-0.4, -0.2) is 26.3 Å². The number of hydrogen-bond acceptors (Lipinski definition) is 4. The Balaban J connectivity index is 1.98. The van der Waals surface area contributed by atoms with Crippen LogP contribution in [0, 0.1) is 6.92 Å². The van der Waals surface area contributed by atoms with E-state index in [4.69, 9.17) is 0 Å². The van der Waals surface area contributed by atoms with Crippen molar-refractivity contribution in [2.24, 2.45) is 7.05 Å². The van der Waals surface area contributed by atoms with Crippen LogP contribution in [0.2, 0.25) is 0 Å². The molecular formula is C12H13N3OS. The Labute approximate surface area is 104 Å². The van der Waals surface area contributed by atoms with Gasteiger partial charge in [-0.05, 0) is 6.92 Å². The minimum Gasteiger partial charge on any atom is -0.312 e. The summed E-state index contributed by atoms with van der Waals surface area (Å²) in [4.78, 5) is 11.9. The van der Waals surface area contributed by atoms with Gasteiger partial charge in [-0.2, -0.15) is 0 Å². The highest BCUT2D eigenvalue weighted by atomic mass is 32.2. The average molecular weight is 247 g/mol. The summed E-state index contributed by atoms with van der Waals surface area (Å²) in [5.41, 5.74) is 1.90. The van der Waals surface area contributed by atoms with Crippen LogP contribution in [0.4, 0.5) is 0 Å². The first-order valence-corrected chi connectivity index (χ1v) is 6.22. The van der Waals surface area contributed by atoms with Crippen molar-refractivity contribution in [3.05, 3.63) is 41.7 Å². The van der Waals surface area contributed by atoms with Crippen LogP contribution in [-0.2, 0) is 7.05 Å². The van der Waals surface area contributed by atoms with E-state index in [1.807, 2.05) is 38.2 Å². The summed E-state index contributed by atoms with van der Waals surface area (Å²) < 4.78 is 1.80. The number of benzene rings is 1. The molecule has 5 heteroatoms. The highest BCUT2D eigenvalue weighted by Crippen LogP contribution is 2.15. The van der Waals surface area contributed by atoms with Crippen molar-refractivity contribution in [2.45, 2.75) is 12.1 Å². The fourth-order valence-corrected chi connectivity index (χ4v) is 2.14. The van der Waals surface area contributed by atoms with E-state index in [1.54, 1.807) is 10.9 Å². The molecule has 0 atom stereocenters. The topological polar surface area (TPSA) is 47.8 Å². The molecule has 0 radical (unpaired) electrons. The van der Waals surface area contributed by atoms with Gasteiger partial charge in [0.2, 0.25) is 0 Å². The maximum Gasteiger partial charge on any atom is 0.191 e. The quantitative estimate of drug-likeness (QED) is 0.613. The fourth-order valence-electron chi connectivity index (χ4n) is 1.36. The Morgan fingerprint density at radius 1 is 1.35 bits per heavy atom. The van der Waals surface area contributed by atoms with Crippen LogP contribution in [0.5, 0.6) is 0 Å². The molecule has 0 amide bonds. The molecule has 0 unspecified atom stereocenters. The lowest BCUT2D eigenvalue weighted by Gasteiger charge is -2.01. The van der Waals surface area contributed by atoms with Gasteiger partial charge in [-0.3, -0.25) is 4.79 Å². The Hall–Kier alpha value is -1.62. The molecule has 0 aliphatic rings. The molecule has 1 aromatic carbocycles. The molecule has 0 aliphatic carbocycles. The van der Waals surface area contributed by atoms with Gasteiger partial charge >= 0.3 is 0 Å². The number of rotatable bonds is 4. The molecule has 17 heavy (non-hydrogen) atoms. The third kappa shape index (κ3) is 2.94. The smallest absolute Gasteiger partial charge is 0.191 e. The second kappa shape index (κ2) is 5.14. The number of aromatic nitrogens is 3. The van der Waals surface area contributed by atoms with Crippen molar-refractivity contribution in [3.63, 3.8) is 0 Å². The van der Waals surface area contributed by atoms with E-state index in [-0.39, 0.29) is 5.78 Å². The first-order chi connectivity index (χ1) is 8.16. The van der Waals surface area contributed by atoms with E-state index in [2.05, 4.69) is 10.2 Å². The minimum atomic E-state index is 0.109. The maximum atomic E-state index is 11.9. The zero-order valence-corrected chi connectivity index (χ0v) is 10.6. The van der Waals surface area contributed by atoms with Crippen LogP contribution >= 0.6 is 11.8 Å². The van der Waals surface area contributed by atoms with E-state index >= 15 is 0 Å². The number of carbonyl (C=O) groups is 1. The summed E-state index contributed by atoms with van der Waals surface area (Å²) in [5, 5.41) is 8.44. The van der Waals surface area contributed by atoms with Crippen LogP contribution < -0.4 is 0 Å². The summed E-state index contributed by atoms with van der Waals surface area (Å²) in [6.45, 7) is 2.00. The highest BCUT2D eigenvalue weighted by Gasteiger charge is 2.08. The molecular weight excluding hydrogens is 234 g/mol. The molecule has 0 aliphatic heterocycles. The molecule has 2 rings (SSSR count). The van der Waals surface area contributed by atoms with Crippen molar-refractivity contribution in [3.8, 4) is 0 Å². The minimum absolute atomic E-state index is 0.109. The van der Waals surface area contributed by atoms with E-state index in [1.165, 1.54) is 11.8 Å². The molecule has 4 nitrogen and oxygen atoms in total. The third-order valence-corrected chi connectivity index (χ3v) is 3.41. The summed E-state index contributed by atoms with van der Waals surface area (Å²) in [5.74, 6) is 0.494. The van der Waals surface area contributed by atoms with Gasteiger partial charge < -0.3 is 4.57 Å². The number of thioether (sulfide) groups is 1. The number of ketones is 1. The summed E-state index contributed by atoms with van der Waals surface area (Å²) in [7, 11) is 1.86. The first-order valence-electron chi connectivity index (χ1n) is 5.23. The first kappa shape index (κ1) is 11.9. The normalized spacial score (nSPS) is 10.5. The molecule has 0 saturated heterocycles. The lowest BCUT2D eigenvalue weighted by Crippen LogP contribution is -2.03. The van der Waals surface area contributed by atoms with Crippen molar-refractivity contribution < 1.29 is 4.79 Å². The largest absolute Gasteiger partial charge is 0.312 e. The zero-order valence-electron chi connectivity index (χ0n) is 9.75. The molecule has 2 aromatic rings. The van der Waals surface area contributed by atoms with Crippen LogP contribution in [0.1, 0.15) is 15.9 Å². The van der Waals surface area contributed by atoms with Gasteiger partial charge in [0.25, 0.3) is 0 Å². The van der Waals surface area contributed by atoms with Gasteiger partial charge in [-0.15, -0.1) is 10.2 Å². The Bertz CT molecular complexity index is 519. The molecule has 0 spiro atoms. The molecule has 0 N–H and O–H groups in total. The van der Waals surface area contributed by atoms with Crippen molar-refractivity contribution in [2.75, 3.05) is 5.75 Å². The lowest BCUT2D eigenvalue weighted by atomic mass is 10.1. The van der Waals surface area contributed by atoms with Gasteiger partial charge in [0.05, 0.1) is 5.75 Å². The predicted octanol–water partition coefficient (Wildman–Crippen LogP) is 2.10. The van der Waals surface area contributed by atoms with Gasteiger partial charge in [-0.1, -0.05) is 41.6 Å². The standard InChI is InChI=1S/C12H13N3OS/c1-9-3-5-10(6-4-9)11(16)7-17-12-14-13-8-15(12)2/h3-6,8H,7H2,1-2H3. The second-order valence-corrected chi connectivity index (χ2v) is 4.74. The van der Waals surface area contributed by atoms with Gasteiger partial charge in [0.1, 0.15) is 6.33 Å². The fraction of sp³-hybridized carbons (Fsp3) is 0.250. The van der Waals surface area contributed by atoms with Crippen molar-refractivity contribution in [1.29, 1.82) is 0 Å². The SMILES string of the molecule is Cc1ccc(C(=O)CSc2nncn2C)cc1. The van der Waals surface area contributed by atoms with Crippen LogP contribution in [0.3, 0.4) is 0 Å². The zero-order chi connectivity index (χ0) is 12.3. The highest BCUT2D eigenvalue weighted by molar-refractivity contribution is 7.99. The monoisotopic (exact) mass is 247 g/mol. The molecule has 1 heterocycles. The number of carbonyl (C=O) groups excluding carboxylic acids is 1. The van der Waals surface area contributed by atoms with Crippen LogP contribution in [0.15, 0.2) is 35.7 Å². The molecule has 88 valence electrons. The number of nitrogens with zero attached hydrogens (tertiary/aromatic N) is 3. The number of aryl methyl sites for hydroxylation is 2. The van der Waals surface area contributed by atoms with Gasteiger partial charge in [0.15, 0.2) is 10.9 Å². The Morgan fingerprint density at radius 2 is 2.06 bits per heavy atom.